The zero-order valence-corrected chi connectivity index (χ0v) is 11.6. The first-order chi connectivity index (χ1) is 9.85. The van der Waals surface area contributed by atoms with Crippen LogP contribution in [0.2, 0.25) is 0 Å². The Morgan fingerprint density at radius 2 is 1.90 bits per heavy atom. The third kappa shape index (κ3) is 2.22. The summed E-state index contributed by atoms with van der Waals surface area (Å²) in [4.78, 5) is 18.9. The minimum absolute atomic E-state index is 0.483. The molecule has 0 aliphatic heterocycles. The van der Waals surface area contributed by atoms with E-state index in [1.807, 2.05) is 0 Å². The van der Waals surface area contributed by atoms with Gasteiger partial charge in [0.05, 0.1) is 5.56 Å². The van der Waals surface area contributed by atoms with Crippen molar-refractivity contribution < 1.29 is 4.79 Å². The van der Waals surface area contributed by atoms with Crippen LogP contribution in [-0.4, -0.2) is 31.0 Å². The van der Waals surface area contributed by atoms with Crippen LogP contribution in [0.4, 0.5) is 0 Å². The monoisotopic (exact) mass is 287 g/mol. The summed E-state index contributed by atoms with van der Waals surface area (Å²) in [5, 5.41) is 10.1. The molecule has 2 aliphatic rings. The molecule has 2 aliphatic carbocycles. The predicted molar refractivity (Wildman–Crippen MR) is 71.8 cm³/mol. The first-order valence-corrected chi connectivity index (χ1v) is 7.56. The predicted octanol–water partition coefficient (Wildman–Crippen LogP) is 2.24. The Labute approximate surface area is 120 Å². The molecule has 2 aromatic rings. The highest BCUT2D eigenvalue weighted by atomic mass is 32.2. The van der Waals surface area contributed by atoms with Gasteiger partial charge in [0.15, 0.2) is 16.6 Å². The van der Waals surface area contributed by atoms with Gasteiger partial charge in [-0.3, -0.25) is 4.79 Å². The van der Waals surface area contributed by atoms with E-state index >= 15 is 0 Å². The number of rotatable bonds is 5. The van der Waals surface area contributed by atoms with Gasteiger partial charge in [-0.15, -0.1) is 10.2 Å². The molecule has 0 bridgehead atoms. The lowest BCUT2D eigenvalue weighted by atomic mass is 10.4. The maximum absolute atomic E-state index is 10.6. The lowest BCUT2D eigenvalue weighted by Gasteiger charge is -2.07. The van der Waals surface area contributed by atoms with Crippen molar-refractivity contribution in [1.29, 1.82) is 0 Å². The summed E-state index contributed by atoms with van der Waals surface area (Å²) in [6, 6.07) is 0.553. The molecule has 4 rings (SSSR count). The van der Waals surface area contributed by atoms with E-state index in [2.05, 4.69) is 24.7 Å². The molecule has 0 unspecified atom stereocenters. The van der Waals surface area contributed by atoms with Crippen LogP contribution in [0.5, 0.6) is 0 Å². The maximum Gasteiger partial charge on any atom is 0.199 e. The van der Waals surface area contributed by atoms with E-state index < -0.39 is 0 Å². The third-order valence-electron chi connectivity index (χ3n) is 3.51. The van der Waals surface area contributed by atoms with Gasteiger partial charge in [0.25, 0.3) is 0 Å². The zero-order chi connectivity index (χ0) is 13.5. The van der Waals surface area contributed by atoms with Crippen molar-refractivity contribution in [2.24, 2.45) is 0 Å². The number of carbonyl (C=O) groups is 1. The highest BCUT2D eigenvalue weighted by Crippen LogP contribution is 2.46. The van der Waals surface area contributed by atoms with Crippen LogP contribution in [0.15, 0.2) is 22.7 Å². The molecule has 6 nitrogen and oxygen atoms in total. The van der Waals surface area contributed by atoms with Crippen molar-refractivity contribution >= 4 is 18.0 Å². The fourth-order valence-corrected chi connectivity index (χ4v) is 2.97. The summed E-state index contributed by atoms with van der Waals surface area (Å²) in [5.74, 6) is 1.72. The van der Waals surface area contributed by atoms with Crippen molar-refractivity contribution in [2.75, 3.05) is 0 Å². The Morgan fingerprint density at radius 3 is 2.50 bits per heavy atom. The normalized spacial score (nSPS) is 18.2. The summed E-state index contributed by atoms with van der Waals surface area (Å²) in [7, 11) is 0. The van der Waals surface area contributed by atoms with E-state index in [1.54, 1.807) is 0 Å². The number of hydrogen-bond acceptors (Lipinski definition) is 6. The fourth-order valence-electron chi connectivity index (χ4n) is 2.18. The van der Waals surface area contributed by atoms with Crippen molar-refractivity contribution in [3.8, 4) is 0 Å². The SMILES string of the molecule is O=Cc1cnc(Sc2nnc(C3CC3)n2C2CC2)nc1. The van der Waals surface area contributed by atoms with Gasteiger partial charge in [-0.25, -0.2) is 9.97 Å². The number of aromatic nitrogens is 5. The highest BCUT2D eigenvalue weighted by Gasteiger charge is 2.36. The van der Waals surface area contributed by atoms with E-state index in [0.717, 1.165) is 17.3 Å². The molecule has 0 N–H and O–H groups in total. The fraction of sp³-hybridized carbons (Fsp3) is 0.462. The van der Waals surface area contributed by atoms with Gasteiger partial charge in [0.2, 0.25) is 0 Å². The lowest BCUT2D eigenvalue weighted by Crippen LogP contribution is -2.02. The van der Waals surface area contributed by atoms with Gasteiger partial charge in [-0.05, 0) is 37.4 Å². The van der Waals surface area contributed by atoms with Gasteiger partial charge >= 0.3 is 0 Å². The lowest BCUT2D eigenvalue weighted by molar-refractivity contribution is 0.112. The Kier molecular flexibility index (Phi) is 2.80. The highest BCUT2D eigenvalue weighted by molar-refractivity contribution is 7.99. The summed E-state index contributed by atoms with van der Waals surface area (Å²) in [6.45, 7) is 0. The Balaban J connectivity index is 1.62. The second-order valence-electron chi connectivity index (χ2n) is 5.24. The van der Waals surface area contributed by atoms with Crippen molar-refractivity contribution in [2.45, 2.75) is 48.0 Å². The van der Waals surface area contributed by atoms with E-state index in [4.69, 9.17) is 0 Å². The molecule has 2 fully saturated rings. The summed E-state index contributed by atoms with van der Waals surface area (Å²) >= 11 is 1.42. The molecule has 0 radical (unpaired) electrons. The van der Waals surface area contributed by atoms with Gasteiger partial charge in [0.1, 0.15) is 5.82 Å². The van der Waals surface area contributed by atoms with Crippen LogP contribution in [0.3, 0.4) is 0 Å². The van der Waals surface area contributed by atoms with Crippen LogP contribution < -0.4 is 0 Å². The molecule has 7 heteroatoms. The maximum atomic E-state index is 10.6. The minimum atomic E-state index is 0.483. The molecule has 0 atom stereocenters. The van der Waals surface area contributed by atoms with Crippen LogP contribution in [0.1, 0.15) is 53.8 Å². The second kappa shape index (κ2) is 4.66. The van der Waals surface area contributed by atoms with Crippen molar-refractivity contribution in [3.05, 3.63) is 23.8 Å². The molecular formula is C13H13N5OS. The molecule has 2 heterocycles. The van der Waals surface area contributed by atoms with E-state index in [1.165, 1.54) is 49.8 Å². The smallest absolute Gasteiger partial charge is 0.199 e. The molecule has 0 aromatic carbocycles. The van der Waals surface area contributed by atoms with E-state index in [0.29, 0.717) is 22.7 Å². The topological polar surface area (TPSA) is 73.6 Å². The van der Waals surface area contributed by atoms with Crippen LogP contribution in [0.25, 0.3) is 0 Å². The number of hydrogen-bond donors (Lipinski definition) is 0. The van der Waals surface area contributed by atoms with Crippen LogP contribution in [-0.2, 0) is 0 Å². The molecule has 0 spiro atoms. The molecule has 0 amide bonds. The van der Waals surface area contributed by atoms with Gasteiger partial charge < -0.3 is 4.57 Å². The molecule has 102 valence electrons. The summed E-state index contributed by atoms with van der Waals surface area (Å²) in [6.07, 6.45) is 8.66. The molecule has 20 heavy (non-hydrogen) atoms. The Hall–Kier alpha value is -1.76. The number of aldehydes is 1. The quantitative estimate of drug-likeness (QED) is 0.620. The first kappa shape index (κ1) is 12.0. The molecule has 0 saturated heterocycles. The zero-order valence-electron chi connectivity index (χ0n) is 10.8. The third-order valence-corrected chi connectivity index (χ3v) is 4.37. The largest absolute Gasteiger partial charge is 0.302 e. The molecular weight excluding hydrogens is 274 g/mol. The van der Waals surface area contributed by atoms with Gasteiger partial charge in [-0.2, -0.15) is 0 Å². The number of carbonyl (C=O) groups excluding carboxylic acids is 1. The van der Waals surface area contributed by atoms with Gasteiger partial charge in [-0.1, -0.05) is 0 Å². The average molecular weight is 287 g/mol. The van der Waals surface area contributed by atoms with Crippen molar-refractivity contribution in [3.63, 3.8) is 0 Å². The summed E-state index contributed by atoms with van der Waals surface area (Å²) < 4.78 is 2.26. The Morgan fingerprint density at radius 1 is 1.15 bits per heavy atom. The van der Waals surface area contributed by atoms with E-state index in [9.17, 15) is 4.79 Å². The van der Waals surface area contributed by atoms with E-state index in [-0.39, 0.29) is 0 Å². The molecule has 2 saturated carbocycles. The van der Waals surface area contributed by atoms with Crippen LogP contribution in [0, 0.1) is 0 Å². The first-order valence-electron chi connectivity index (χ1n) is 6.75. The average Bonchev–Trinajstić information content (AvgIpc) is 3.39. The second-order valence-corrected chi connectivity index (χ2v) is 6.17. The standard InChI is InChI=1S/C13H13N5OS/c19-7-8-5-14-12(15-6-8)20-13-17-16-11(9-1-2-9)18(13)10-3-4-10/h5-7,9-10H,1-4H2. The summed E-state index contributed by atoms with van der Waals surface area (Å²) in [5.41, 5.74) is 0.483. The number of nitrogens with zero attached hydrogens (tertiary/aromatic N) is 5. The molecule has 2 aromatic heterocycles. The van der Waals surface area contributed by atoms with Crippen LogP contribution >= 0.6 is 11.8 Å². The minimum Gasteiger partial charge on any atom is -0.302 e. The van der Waals surface area contributed by atoms with Gasteiger partial charge in [0, 0.05) is 24.4 Å². The Bertz CT molecular complexity index is 645. The van der Waals surface area contributed by atoms with Crippen molar-refractivity contribution in [1.82, 2.24) is 24.7 Å².